The fourth-order valence-corrected chi connectivity index (χ4v) is 2.69. The molecule has 2 N–H and O–H groups in total. The van der Waals surface area contributed by atoms with Gasteiger partial charge in [0.25, 0.3) is 5.91 Å². The molecule has 25 heavy (non-hydrogen) atoms. The van der Waals surface area contributed by atoms with Gasteiger partial charge in [-0.15, -0.1) is 12.4 Å². The first kappa shape index (κ1) is 21.2. The molecule has 0 saturated carbocycles. The Morgan fingerprint density at radius 1 is 1.24 bits per heavy atom. The number of carbonyl (C=O) groups excluding carboxylic acids is 2. The number of carbonyl (C=O) groups is 2. The highest BCUT2D eigenvalue weighted by Gasteiger charge is 2.30. The standard InChI is InChI=1S/C16H20F3N3O2.ClH/c1-20-8-11-6-7-22(10-11)14(23)9-21-15(24)12-2-4-13(5-3-12)16(17,18)19;/h2-5,11,20H,6-10H2,1H3,(H,21,24);1H. The lowest BCUT2D eigenvalue weighted by molar-refractivity contribution is -0.137. The summed E-state index contributed by atoms with van der Waals surface area (Å²) >= 11 is 0. The van der Waals surface area contributed by atoms with Crippen LogP contribution in [-0.2, 0) is 11.0 Å². The first-order valence-electron chi connectivity index (χ1n) is 7.69. The predicted molar refractivity (Wildman–Crippen MR) is 89.6 cm³/mol. The van der Waals surface area contributed by atoms with Crippen LogP contribution in [0.4, 0.5) is 13.2 Å². The third-order valence-electron chi connectivity index (χ3n) is 4.01. The Morgan fingerprint density at radius 2 is 1.88 bits per heavy atom. The average molecular weight is 380 g/mol. The fraction of sp³-hybridized carbons (Fsp3) is 0.500. The zero-order valence-electron chi connectivity index (χ0n) is 13.7. The van der Waals surface area contributed by atoms with Crippen LogP contribution < -0.4 is 10.6 Å². The zero-order chi connectivity index (χ0) is 17.7. The van der Waals surface area contributed by atoms with Crippen molar-refractivity contribution in [1.29, 1.82) is 0 Å². The fourth-order valence-electron chi connectivity index (χ4n) is 2.69. The van der Waals surface area contributed by atoms with Crippen LogP contribution in [-0.4, -0.2) is 49.9 Å². The summed E-state index contributed by atoms with van der Waals surface area (Å²) in [5, 5.41) is 5.52. The maximum absolute atomic E-state index is 12.5. The molecule has 0 aromatic heterocycles. The minimum absolute atomic E-state index is 0. The number of amides is 2. The van der Waals surface area contributed by atoms with Gasteiger partial charge in [0, 0.05) is 18.7 Å². The highest BCUT2D eigenvalue weighted by molar-refractivity contribution is 5.96. The third-order valence-corrected chi connectivity index (χ3v) is 4.01. The molecule has 1 fully saturated rings. The van der Waals surface area contributed by atoms with Crippen LogP contribution in [0.5, 0.6) is 0 Å². The smallest absolute Gasteiger partial charge is 0.343 e. The van der Waals surface area contributed by atoms with E-state index >= 15 is 0 Å². The number of likely N-dealkylation sites (tertiary alicyclic amines) is 1. The number of hydrogen-bond acceptors (Lipinski definition) is 3. The molecule has 2 rings (SSSR count). The number of nitrogens with one attached hydrogen (secondary N) is 2. The van der Waals surface area contributed by atoms with Crippen LogP contribution in [0, 0.1) is 5.92 Å². The average Bonchev–Trinajstić information content (AvgIpc) is 3.00. The summed E-state index contributed by atoms with van der Waals surface area (Å²) in [6.07, 6.45) is -3.52. The molecule has 2 amide bonds. The molecule has 0 radical (unpaired) electrons. The number of hydrogen-bond donors (Lipinski definition) is 2. The molecule has 140 valence electrons. The normalized spacial score (nSPS) is 17.1. The Bertz CT molecular complexity index is 593. The Hall–Kier alpha value is -1.80. The molecule has 1 unspecified atom stereocenters. The molecule has 1 heterocycles. The number of benzene rings is 1. The van der Waals surface area contributed by atoms with E-state index in [0.29, 0.717) is 19.0 Å². The molecule has 1 atom stereocenters. The molecule has 5 nitrogen and oxygen atoms in total. The first-order chi connectivity index (χ1) is 11.3. The molecule has 1 aliphatic heterocycles. The predicted octanol–water partition coefficient (Wildman–Crippen LogP) is 1.92. The highest BCUT2D eigenvalue weighted by Crippen LogP contribution is 2.29. The third kappa shape index (κ3) is 5.89. The van der Waals surface area contributed by atoms with Crippen molar-refractivity contribution < 1.29 is 22.8 Å². The van der Waals surface area contributed by atoms with E-state index in [9.17, 15) is 22.8 Å². The van der Waals surface area contributed by atoms with E-state index in [4.69, 9.17) is 0 Å². The van der Waals surface area contributed by atoms with Gasteiger partial charge in [-0.1, -0.05) is 0 Å². The number of alkyl halides is 3. The lowest BCUT2D eigenvalue weighted by atomic mass is 10.1. The van der Waals surface area contributed by atoms with E-state index in [-0.39, 0.29) is 30.4 Å². The van der Waals surface area contributed by atoms with Crippen molar-refractivity contribution >= 4 is 24.2 Å². The van der Waals surface area contributed by atoms with Crippen LogP contribution in [0.15, 0.2) is 24.3 Å². The summed E-state index contributed by atoms with van der Waals surface area (Å²) in [5.74, 6) is -0.346. The summed E-state index contributed by atoms with van der Waals surface area (Å²) in [6, 6.07) is 3.89. The molecular weight excluding hydrogens is 359 g/mol. The molecule has 1 aromatic rings. The van der Waals surface area contributed by atoms with Crippen molar-refractivity contribution in [2.75, 3.05) is 33.2 Å². The van der Waals surface area contributed by atoms with Crippen LogP contribution in [0.1, 0.15) is 22.3 Å². The maximum Gasteiger partial charge on any atom is 0.416 e. The Balaban J connectivity index is 0.00000312. The molecule has 0 aliphatic carbocycles. The van der Waals surface area contributed by atoms with E-state index in [0.717, 1.165) is 37.2 Å². The molecule has 1 saturated heterocycles. The Kier molecular flexibility index (Phi) is 7.69. The van der Waals surface area contributed by atoms with E-state index in [1.165, 1.54) is 0 Å². The first-order valence-corrected chi connectivity index (χ1v) is 7.69. The van der Waals surface area contributed by atoms with Crippen LogP contribution >= 0.6 is 12.4 Å². The van der Waals surface area contributed by atoms with Crippen molar-refractivity contribution in [1.82, 2.24) is 15.5 Å². The van der Waals surface area contributed by atoms with Crippen LogP contribution in [0.2, 0.25) is 0 Å². The van der Waals surface area contributed by atoms with Gasteiger partial charge in [0.15, 0.2) is 0 Å². The number of halogens is 4. The Labute approximate surface area is 150 Å². The Morgan fingerprint density at radius 3 is 2.44 bits per heavy atom. The van der Waals surface area contributed by atoms with Gasteiger partial charge in [-0.2, -0.15) is 13.2 Å². The van der Waals surface area contributed by atoms with Crippen molar-refractivity contribution in [3.05, 3.63) is 35.4 Å². The van der Waals surface area contributed by atoms with Crippen LogP contribution in [0.3, 0.4) is 0 Å². The zero-order valence-corrected chi connectivity index (χ0v) is 14.5. The number of nitrogens with zero attached hydrogens (tertiary/aromatic N) is 1. The minimum atomic E-state index is -4.44. The summed E-state index contributed by atoms with van der Waals surface area (Å²) in [7, 11) is 1.86. The quantitative estimate of drug-likeness (QED) is 0.821. The van der Waals surface area contributed by atoms with Crippen LogP contribution in [0.25, 0.3) is 0 Å². The van der Waals surface area contributed by atoms with Crippen molar-refractivity contribution in [3.8, 4) is 0 Å². The molecule has 9 heteroatoms. The van der Waals surface area contributed by atoms with Gasteiger partial charge in [-0.05, 0) is 50.2 Å². The van der Waals surface area contributed by atoms with Crippen molar-refractivity contribution in [2.24, 2.45) is 5.92 Å². The SMILES string of the molecule is CNCC1CCN(C(=O)CNC(=O)c2ccc(C(F)(F)F)cc2)C1.Cl. The summed E-state index contributed by atoms with van der Waals surface area (Å²) in [6.45, 7) is 1.98. The van der Waals surface area contributed by atoms with E-state index in [1.807, 2.05) is 7.05 Å². The highest BCUT2D eigenvalue weighted by atomic mass is 35.5. The monoisotopic (exact) mass is 379 g/mol. The van der Waals surface area contributed by atoms with E-state index in [1.54, 1.807) is 4.90 Å². The second-order valence-corrected chi connectivity index (χ2v) is 5.81. The van der Waals surface area contributed by atoms with Crippen molar-refractivity contribution in [2.45, 2.75) is 12.6 Å². The topological polar surface area (TPSA) is 61.4 Å². The molecule has 1 aromatic carbocycles. The lowest BCUT2D eigenvalue weighted by Gasteiger charge is -2.17. The van der Waals surface area contributed by atoms with Gasteiger partial charge < -0.3 is 15.5 Å². The number of rotatable bonds is 5. The lowest BCUT2D eigenvalue weighted by Crippen LogP contribution is -2.39. The van der Waals surface area contributed by atoms with Gasteiger partial charge in [0.05, 0.1) is 12.1 Å². The van der Waals surface area contributed by atoms with E-state index < -0.39 is 17.6 Å². The minimum Gasteiger partial charge on any atom is -0.343 e. The molecule has 0 bridgehead atoms. The summed E-state index contributed by atoms with van der Waals surface area (Å²) in [4.78, 5) is 25.7. The summed E-state index contributed by atoms with van der Waals surface area (Å²) in [5.41, 5.74) is -0.729. The second kappa shape index (κ2) is 9.05. The molecular formula is C16H21ClF3N3O2. The maximum atomic E-state index is 12.5. The van der Waals surface area contributed by atoms with Gasteiger partial charge in [-0.3, -0.25) is 9.59 Å². The summed E-state index contributed by atoms with van der Waals surface area (Å²) < 4.78 is 37.4. The second-order valence-electron chi connectivity index (χ2n) is 5.81. The van der Waals surface area contributed by atoms with Gasteiger partial charge in [0.1, 0.15) is 0 Å². The van der Waals surface area contributed by atoms with Gasteiger partial charge in [-0.25, -0.2) is 0 Å². The van der Waals surface area contributed by atoms with Gasteiger partial charge >= 0.3 is 6.18 Å². The van der Waals surface area contributed by atoms with Gasteiger partial charge in [0.2, 0.25) is 5.91 Å². The largest absolute Gasteiger partial charge is 0.416 e. The molecule has 0 spiro atoms. The van der Waals surface area contributed by atoms with Crippen molar-refractivity contribution in [3.63, 3.8) is 0 Å². The van der Waals surface area contributed by atoms with E-state index in [2.05, 4.69) is 10.6 Å². The molecule has 1 aliphatic rings.